The molecule has 5 heteroatoms. The van der Waals surface area contributed by atoms with Crippen molar-refractivity contribution in [3.63, 3.8) is 0 Å². The third-order valence-corrected chi connectivity index (χ3v) is 35.5. The first kappa shape index (κ1) is 22.2. The van der Waals surface area contributed by atoms with Crippen LogP contribution >= 0.6 is 24.8 Å². The average Bonchev–Trinajstić information content (AvgIpc) is 2.68. The standard InChI is InChI=1S/C6H6N.C5H5.6CH3.2ClH.Hf.H2Si/c7-6-4-2-1-3-5-6;1-2-4-5-3-1;;;;;;;;;;/h1-5,7H;1-3H,4H2;6*1H3;2*1H;;1H2/q-1;;;;;;;;;;+1;. The number of hydrogen-bond acceptors (Lipinski definition) is 1. The molecule has 0 aliphatic heterocycles. The first-order chi connectivity index (χ1) is 8.30. The SMILES string of the molecule is Cl.Cl.[CH3][Hf]([CH3])([CH3])([CH3])([CH3])([CH3])(=[SiH2])([NH]c1ccccc1)[C]1=CC=CC1. The molecule has 0 unspecified atom stereocenters. The summed E-state index contributed by atoms with van der Waals surface area (Å²) < 4.78 is 20.7. The third-order valence-electron chi connectivity index (χ3n) is 4.90. The Balaban J connectivity index is 0.00000220. The second-order valence-corrected chi connectivity index (χ2v) is 154. The molecule has 0 aromatic heterocycles. The number of allylic oxidation sites excluding steroid dienone is 4. The fraction of sp³-hybridized carbons (Fsp3) is 0.412. The Morgan fingerprint density at radius 2 is 1.41 bits per heavy atom. The summed E-state index contributed by atoms with van der Waals surface area (Å²) in [5.41, 5.74) is 1.20. The molecular formula is C17H33Cl2HfNSi. The number of anilines is 1. The summed E-state index contributed by atoms with van der Waals surface area (Å²) in [6, 6.07) is 10.6. The van der Waals surface area contributed by atoms with Crippen LogP contribution < -0.4 is 3.30 Å². The molecule has 2 rings (SSSR count). The molecule has 0 saturated heterocycles. The van der Waals surface area contributed by atoms with Gasteiger partial charge in [0.2, 0.25) is 0 Å². The normalized spacial score (nSPS) is 23.5. The molecule has 128 valence electrons. The number of halogens is 2. The number of hydrogen-bond donors (Lipinski definition) is 1. The summed E-state index contributed by atoms with van der Waals surface area (Å²) in [5, 5.41) is 0. The second kappa shape index (κ2) is 3.16. The number of rotatable bonds is 3. The maximum absolute atomic E-state index is 5.17. The van der Waals surface area contributed by atoms with Crippen molar-refractivity contribution in [2.45, 2.75) is 34.5 Å². The summed E-state index contributed by atoms with van der Waals surface area (Å²) >= 11 is -5.17. The van der Waals surface area contributed by atoms with Crippen LogP contribution in [0, 0.1) is 0 Å². The van der Waals surface area contributed by atoms with Gasteiger partial charge in [0.05, 0.1) is 0 Å². The molecule has 0 bridgehead atoms. The van der Waals surface area contributed by atoms with Gasteiger partial charge in [-0.25, -0.2) is 0 Å². The number of para-hydroxylation sites is 1. The summed E-state index contributed by atoms with van der Waals surface area (Å²) in [7, 11) is 0. The molecule has 0 spiro atoms. The molecule has 0 radical (unpaired) electrons. The Bertz CT molecular complexity index is 843. The van der Waals surface area contributed by atoms with Crippen LogP contribution in [0.5, 0.6) is 0 Å². The molecule has 0 atom stereocenters. The van der Waals surface area contributed by atoms with Crippen LogP contribution in [0.2, 0.25) is 28.1 Å². The predicted octanol–water partition coefficient (Wildman–Crippen LogP) is 6.37. The summed E-state index contributed by atoms with van der Waals surface area (Å²) in [5.74, 6) is 0. The van der Waals surface area contributed by atoms with E-state index < -0.39 is 11.5 Å². The van der Waals surface area contributed by atoms with E-state index in [2.05, 4.69) is 86.9 Å². The maximum atomic E-state index is 4.11. The van der Waals surface area contributed by atoms with E-state index in [-0.39, 0.29) is 24.8 Å². The van der Waals surface area contributed by atoms with E-state index in [4.69, 9.17) is 0 Å². The summed E-state index contributed by atoms with van der Waals surface area (Å²) in [4.78, 5) is 0. The molecule has 1 N–H and O–H groups in total. The van der Waals surface area contributed by atoms with Crippen molar-refractivity contribution in [2.75, 3.05) is 3.30 Å². The van der Waals surface area contributed by atoms with Gasteiger partial charge in [-0.1, -0.05) is 0 Å². The second-order valence-electron chi connectivity index (χ2n) is 15.9. The van der Waals surface area contributed by atoms with Crippen LogP contribution in [0.1, 0.15) is 6.42 Å². The Morgan fingerprint density at radius 3 is 1.82 bits per heavy atom. The van der Waals surface area contributed by atoms with Gasteiger partial charge in [-0.3, -0.25) is 0 Å². The molecule has 1 aromatic rings. The zero-order valence-corrected chi connectivity index (χ0v) is 21.5. The Morgan fingerprint density at radius 1 is 0.909 bits per heavy atom. The molecule has 1 nitrogen and oxygen atoms in total. The van der Waals surface area contributed by atoms with Crippen LogP contribution in [0.15, 0.2) is 51.9 Å². The van der Waals surface area contributed by atoms with Crippen molar-refractivity contribution < 1.29 is 11.5 Å². The van der Waals surface area contributed by atoms with E-state index in [1.807, 2.05) is 0 Å². The molecule has 1 aliphatic carbocycles. The molecular weight excluding hydrogens is 496 g/mol. The molecule has 1 aliphatic rings. The number of benzene rings is 1. The van der Waals surface area contributed by atoms with E-state index >= 15 is 0 Å². The van der Waals surface area contributed by atoms with Crippen LogP contribution in [-0.2, 0) is 11.5 Å². The average molecular weight is 529 g/mol. The zero-order chi connectivity index (χ0) is 15.6. The van der Waals surface area contributed by atoms with Crippen LogP contribution in [0.3, 0.4) is 0 Å². The van der Waals surface area contributed by atoms with Gasteiger partial charge >= 0.3 is 114 Å². The Hall–Kier alpha value is 0.167. The van der Waals surface area contributed by atoms with Crippen molar-refractivity contribution in [1.82, 2.24) is 0 Å². The van der Waals surface area contributed by atoms with Gasteiger partial charge in [0.1, 0.15) is 0 Å². The van der Waals surface area contributed by atoms with Crippen molar-refractivity contribution in [2.24, 2.45) is 0 Å². The van der Waals surface area contributed by atoms with E-state index in [0.29, 0.717) is 0 Å². The van der Waals surface area contributed by atoms with Gasteiger partial charge in [-0.15, -0.1) is 24.8 Å². The van der Waals surface area contributed by atoms with Gasteiger partial charge in [-0.2, -0.15) is 0 Å². The zero-order valence-electron chi connectivity index (χ0n) is 14.8. The quantitative estimate of drug-likeness (QED) is 0.450. The third kappa shape index (κ3) is 4.37. The minimum atomic E-state index is -5.17. The predicted molar refractivity (Wildman–Crippen MR) is 110 cm³/mol. The molecule has 0 saturated carbocycles. The summed E-state index contributed by atoms with van der Waals surface area (Å²) in [6.07, 6.45) is 7.84. The van der Waals surface area contributed by atoms with Gasteiger partial charge in [0.25, 0.3) is 0 Å². The van der Waals surface area contributed by atoms with E-state index in [0.717, 1.165) is 6.42 Å². The fourth-order valence-electron chi connectivity index (χ4n) is 3.43. The van der Waals surface area contributed by atoms with Crippen LogP contribution in [-0.4, -0.2) is 6.94 Å². The Labute approximate surface area is 137 Å². The molecule has 0 amide bonds. The Kier molecular flexibility index (Phi) is 3.19. The van der Waals surface area contributed by atoms with Crippen LogP contribution in [0.4, 0.5) is 5.69 Å². The topological polar surface area (TPSA) is 12.0 Å². The van der Waals surface area contributed by atoms with Crippen molar-refractivity contribution in [3.05, 3.63) is 51.9 Å². The van der Waals surface area contributed by atoms with Crippen molar-refractivity contribution in [3.8, 4) is 0 Å². The van der Waals surface area contributed by atoms with Crippen molar-refractivity contribution >= 4 is 37.4 Å². The fourth-order valence-corrected chi connectivity index (χ4v) is 26.3. The minimum absolute atomic E-state index is 0. The van der Waals surface area contributed by atoms with Gasteiger partial charge in [0.15, 0.2) is 0 Å². The monoisotopic (exact) mass is 529 g/mol. The van der Waals surface area contributed by atoms with Crippen molar-refractivity contribution in [1.29, 1.82) is 0 Å². The number of nitrogens with one attached hydrogen (secondary N) is 1. The van der Waals surface area contributed by atoms with Crippen LogP contribution in [0.25, 0.3) is 0 Å². The molecule has 1 aromatic carbocycles. The summed E-state index contributed by atoms with van der Waals surface area (Å²) in [6.45, 7) is 2.21. The van der Waals surface area contributed by atoms with Gasteiger partial charge < -0.3 is 0 Å². The van der Waals surface area contributed by atoms with E-state index in [1.165, 1.54) is 9.02 Å². The van der Waals surface area contributed by atoms with Gasteiger partial charge in [-0.05, 0) is 0 Å². The molecule has 0 heterocycles. The first-order valence-electron chi connectivity index (χ1n) is 7.73. The van der Waals surface area contributed by atoms with Gasteiger partial charge in [0, 0.05) is 0 Å². The molecule has 22 heavy (non-hydrogen) atoms. The molecule has 0 fully saturated rings. The van der Waals surface area contributed by atoms with E-state index in [1.54, 1.807) is 0 Å². The van der Waals surface area contributed by atoms with E-state index in [9.17, 15) is 0 Å². The first-order valence-corrected chi connectivity index (χ1v) is 41.2.